The summed E-state index contributed by atoms with van der Waals surface area (Å²) in [7, 11) is 0. The number of carbonyl (C=O) groups is 1. The maximum Gasteiger partial charge on any atom is 0.317 e. The third-order valence-electron chi connectivity index (χ3n) is 3.95. The van der Waals surface area contributed by atoms with Crippen LogP contribution in [0.2, 0.25) is 0 Å². The summed E-state index contributed by atoms with van der Waals surface area (Å²) in [5, 5.41) is 13.4. The van der Waals surface area contributed by atoms with E-state index in [0.29, 0.717) is 31.6 Å². The molecular weight excluding hydrogens is 291 g/mol. The van der Waals surface area contributed by atoms with Crippen LogP contribution in [0.1, 0.15) is 30.1 Å². The van der Waals surface area contributed by atoms with Gasteiger partial charge in [0, 0.05) is 13.2 Å². The highest BCUT2D eigenvalue weighted by Crippen LogP contribution is 2.33. The third kappa shape index (κ3) is 2.59. The van der Waals surface area contributed by atoms with Crippen LogP contribution in [-0.2, 0) is 21.4 Å². The fourth-order valence-electron chi connectivity index (χ4n) is 2.58. The van der Waals surface area contributed by atoms with Crippen LogP contribution in [0.4, 0.5) is 4.39 Å². The van der Waals surface area contributed by atoms with Crippen LogP contribution in [-0.4, -0.2) is 34.4 Å². The number of rotatable bonds is 4. The van der Waals surface area contributed by atoms with E-state index in [4.69, 9.17) is 9.26 Å². The molecule has 116 valence electrons. The monoisotopic (exact) mass is 306 g/mol. The minimum Gasteiger partial charge on any atom is -0.480 e. The zero-order chi connectivity index (χ0) is 15.6. The van der Waals surface area contributed by atoms with E-state index in [2.05, 4.69) is 10.1 Å². The van der Waals surface area contributed by atoms with Gasteiger partial charge < -0.3 is 14.4 Å². The molecule has 1 aromatic heterocycles. The predicted molar refractivity (Wildman–Crippen MR) is 72.9 cm³/mol. The van der Waals surface area contributed by atoms with E-state index in [9.17, 15) is 14.3 Å². The molecule has 6 nitrogen and oxygen atoms in total. The summed E-state index contributed by atoms with van der Waals surface area (Å²) in [6.45, 7) is 0.674. The summed E-state index contributed by atoms with van der Waals surface area (Å²) >= 11 is 0. The quantitative estimate of drug-likeness (QED) is 0.929. The van der Waals surface area contributed by atoms with Crippen molar-refractivity contribution in [2.75, 3.05) is 13.2 Å². The maximum absolute atomic E-state index is 13.6. The first kappa shape index (κ1) is 14.6. The number of halogens is 1. The second-order valence-corrected chi connectivity index (χ2v) is 5.28. The van der Waals surface area contributed by atoms with Gasteiger partial charge >= 0.3 is 5.97 Å². The van der Waals surface area contributed by atoms with Gasteiger partial charge in [0.15, 0.2) is 5.82 Å². The number of nitrogens with zero attached hydrogens (tertiary/aromatic N) is 2. The number of aromatic nitrogens is 2. The van der Waals surface area contributed by atoms with Crippen molar-refractivity contribution < 1.29 is 23.6 Å². The first-order valence-electron chi connectivity index (χ1n) is 6.99. The lowest BCUT2D eigenvalue weighted by Gasteiger charge is -2.29. The maximum atomic E-state index is 13.6. The summed E-state index contributed by atoms with van der Waals surface area (Å²) in [6.07, 6.45) is 0.716. The van der Waals surface area contributed by atoms with Crippen molar-refractivity contribution in [3.63, 3.8) is 0 Å². The molecule has 7 heteroatoms. The zero-order valence-corrected chi connectivity index (χ0v) is 11.8. The Balaban J connectivity index is 1.86. The Morgan fingerprint density at radius 2 is 2.05 bits per heavy atom. The molecule has 0 unspecified atom stereocenters. The highest BCUT2D eigenvalue weighted by Gasteiger charge is 2.46. The lowest BCUT2D eigenvalue weighted by atomic mass is 9.79. The first-order chi connectivity index (χ1) is 10.6. The molecule has 0 bridgehead atoms. The average Bonchev–Trinajstić information content (AvgIpc) is 2.99. The summed E-state index contributed by atoms with van der Waals surface area (Å²) in [5.41, 5.74) is -0.760. The van der Waals surface area contributed by atoms with Gasteiger partial charge in [-0.1, -0.05) is 23.4 Å². The Bertz CT molecular complexity index is 680. The van der Waals surface area contributed by atoms with Gasteiger partial charge in [-0.25, -0.2) is 4.39 Å². The van der Waals surface area contributed by atoms with Gasteiger partial charge in [0.25, 0.3) is 0 Å². The lowest BCUT2D eigenvalue weighted by molar-refractivity contribution is -0.148. The third-order valence-corrected chi connectivity index (χ3v) is 3.95. The molecule has 0 spiro atoms. The summed E-state index contributed by atoms with van der Waals surface area (Å²) in [6, 6.07) is 6.29. The Hall–Kier alpha value is -2.28. The van der Waals surface area contributed by atoms with Gasteiger partial charge in [0.05, 0.1) is 6.42 Å². The average molecular weight is 306 g/mol. The number of benzene rings is 1. The van der Waals surface area contributed by atoms with E-state index in [1.54, 1.807) is 18.2 Å². The van der Waals surface area contributed by atoms with Crippen LogP contribution in [0.5, 0.6) is 0 Å². The van der Waals surface area contributed by atoms with Gasteiger partial charge in [-0.05, 0) is 24.5 Å². The Labute approximate surface area is 125 Å². The van der Waals surface area contributed by atoms with Crippen LogP contribution in [0.15, 0.2) is 28.8 Å². The molecule has 0 aliphatic carbocycles. The van der Waals surface area contributed by atoms with Crippen molar-refractivity contribution in [3.05, 3.63) is 47.4 Å². The van der Waals surface area contributed by atoms with E-state index in [0.717, 1.165) is 0 Å². The molecular formula is C15H15FN2O4. The van der Waals surface area contributed by atoms with E-state index in [-0.39, 0.29) is 24.0 Å². The molecule has 0 atom stereocenters. The fraction of sp³-hybridized carbons (Fsp3) is 0.400. The van der Waals surface area contributed by atoms with Gasteiger partial charge in [-0.15, -0.1) is 0 Å². The molecule has 1 saturated heterocycles. The highest BCUT2D eigenvalue weighted by molar-refractivity contribution is 5.80. The largest absolute Gasteiger partial charge is 0.480 e. The zero-order valence-electron chi connectivity index (χ0n) is 11.8. The van der Waals surface area contributed by atoms with Crippen LogP contribution < -0.4 is 0 Å². The van der Waals surface area contributed by atoms with Crippen molar-refractivity contribution in [1.82, 2.24) is 10.1 Å². The van der Waals surface area contributed by atoms with Crippen molar-refractivity contribution in [3.8, 4) is 0 Å². The molecule has 0 radical (unpaired) electrons. The molecule has 0 amide bonds. The Morgan fingerprint density at radius 3 is 2.73 bits per heavy atom. The van der Waals surface area contributed by atoms with Crippen molar-refractivity contribution in [2.45, 2.75) is 24.7 Å². The minimum absolute atomic E-state index is 0.131. The van der Waals surface area contributed by atoms with Gasteiger partial charge in [0.2, 0.25) is 5.89 Å². The number of aliphatic carboxylic acids is 1. The second-order valence-electron chi connectivity index (χ2n) is 5.28. The van der Waals surface area contributed by atoms with Gasteiger partial charge in [-0.3, -0.25) is 4.79 Å². The summed E-state index contributed by atoms with van der Waals surface area (Å²) in [5.74, 6) is -1.02. The fourth-order valence-corrected chi connectivity index (χ4v) is 2.58. The molecule has 2 aromatic rings. The molecule has 1 N–H and O–H groups in total. The number of ether oxygens (including phenoxy) is 1. The first-order valence-corrected chi connectivity index (χ1v) is 6.99. The van der Waals surface area contributed by atoms with E-state index in [1.807, 2.05) is 0 Å². The van der Waals surface area contributed by atoms with E-state index < -0.39 is 11.4 Å². The van der Waals surface area contributed by atoms with Crippen molar-refractivity contribution in [2.24, 2.45) is 0 Å². The molecule has 3 rings (SSSR count). The minimum atomic E-state index is -1.19. The lowest BCUT2D eigenvalue weighted by Crippen LogP contribution is -2.42. The standard InChI is InChI=1S/C15H15FN2O4/c16-11-4-2-1-3-10(11)9-12-17-13(18-22-12)15(14(19)20)5-7-21-8-6-15/h1-4H,5-9H2,(H,19,20). The summed E-state index contributed by atoms with van der Waals surface area (Å²) in [4.78, 5) is 15.8. The van der Waals surface area contributed by atoms with Crippen LogP contribution in [0.3, 0.4) is 0 Å². The summed E-state index contributed by atoms with van der Waals surface area (Å²) < 4.78 is 24.0. The SMILES string of the molecule is O=C(O)C1(c2noc(Cc3ccccc3F)n2)CCOCC1. The number of carboxylic acids is 1. The topological polar surface area (TPSA) is 85.5 Å². The van der Waals surface area contributed by atoms with Gasteiger partial charge in [0.1, 0.15) is 11.2 Å². The molecule has 1 fully saturated rings. The van der Waals surface area contributed by atoms with E-state index in [1.165, 1.54) is 6.07 Å². The van der Waals surface area contributed by atoms with Crippen LogP contribution in [0.25, 0.3) is 0 Å². The molecule has 1 aromatic carbocycles. The van der Waals surface area contributed by atoms with E-state index >= 15 is 0 Å². The van der Waals surface area contributed by atoms with Crippen LogP contribution >= 0.6 is 0 Å². The Morgan fingerprint density at radius 1 is 1.32 bits per heavy atom. The normalized spacial score (nSPS) is 17.3. The van der Waals surface area contributed by atoms with Crippen LogP contribution in [0, 0.1) is 5.82 Å². The number of hydrogen-bond acceptors (Lipinski definition) is 5. The smallest absolute Gasteiger partial charge is 0.317 e. The molecule has 0 saturated carbocycles. The highest BCUT2D eigenvalue weighted by atomic mass is 19.1. The second kappa shape index (κ2) is 5.84. The van der Waals surface area contributed by atoms with Gasteiger partial charge in [-0.2, -0.15) is 4.98 Å². The van der Waals surface area contributed by atoms with Crippen molar-refractivity contribution >= 4 is 5.97 Å². The molecule has 2 heterocycles. The van der Waals surface area contributed by atoms with Crippen molar-refractivity contribution in [1.29, 1.82) is 0 Å². The number of carboxylic acid groups (broad SMARTS) is 1. The molecule has 1 aliphatic heterocycles. The molecule has 22 heavy (non-hydrogen) atoms. The predicted octanol–water partition coefficient (Wildman–Crippen LogP) is 1.93. The Kier molecular flexibility index (Phi) is 3.89. The number of hydrogen-bond donors (Lipinski definition) is 1. The molecule has 1 aliphatic rings.